The van der Waals surface area contributed by atoms with Crippen LogP contribution in [0.4, 0.5) is 0 Å². The van der Waals surface area contributed by atoms with Crippen molar-refractivity contribution in [2.24, 2.45) is 5.92 Å². The van der Waals surface area contributed by atoms with E-state index in [9.17, 15) is 4.79 Å². The van der Waals surface area contributed by atoms with Crippen LogP contribution in [-0.4, -0.2) is 43.6 Å². The highest BCUT2D eigenvalue weighted by Gasteiger charge is 2.25. The number of benzene rings is 1. The molecule has 0 saturated carbocycles. The van der Waals surface area contributed by atoms with E-state index < -0.39 is 0 Å². The van der Waals surface area contributed by atoms with Crippen molar-refractivity contribution >= 4 is 16.8 Å². The number of nitrogens with one attached hydrogen (secondary N) is 1. The molecule has 2 aromatic heterocycles. The number of carbonyl (C=O) groups is 1. The lowest BCUT2D eigenvalue weighted by Crippen LogP contribution is -2.31. The normalized spacial score (nSPS) is 15.7. The topological polar surface area (TPSA) is 75.9 Å². The maximum atomic E-state index is 11.7. The molecule has 0 aliphatic carbocycles. The summed E-state index contributed by atoms with van der Waals surface area (Å²) in [7, 11) is 0. The van der Waals surface area contributed by atoms with Gasteiger partial charge in [-0.25, -0.2) is 0 Å². The summed E-state index contributed by atoms with van der Waals surface area (Å²) in [6.45, 7) is 9.47. The Balaban J connectivity index is 1.48. The van der Waals surface area contributed by atoms with Gasteiger partial charge in [-0.1, -0.05) is 32.0 Å². The minimum atomic E-state index is -0.0955. The second kappa shape index (κ2) is 8.92. The SMILES string of the molecule is CC(=O)NC(CC(C)C)c1nnc2n1CCN(Cc1ccc3cccnc3c1)CC2. The van der Waals surface area contributed by atoms with Gasteiger partial charge in [0.05, 0.1) is 11.6 Å². The van der Waals surface area contributed by atoms with E-state index in [-0.39, 0.29) is 11.9 Å². The van der Waals surface area contributed by atoms with E-state index >= 15 is 0 Å². The van der Waals surface area contributed by atoms with Gasteiger partial charge in [0, 0.05) is 51.1 Å². The molecule has 4 rings (SSSR count). The number of pyridine rings is 1. The van der Waals surface area contributed by atoms with E-state index in [4.69, 9.17) is 0 Å². The number of carbonyl (C=O) groups excluding carboxylic acids is 1. The zero-order chi connectivity index (χ0) is 21.1. The lowest BCUT2D eigenvalue weighted by molar-refractivity contribution is -0.119. The number of fused-ring (bicyclic) bond motifs is 2. The van der Waals surface area contributed by atoms with Crippen molar-refractivity contribution in [3.8, 4) is 0 Å². The predicted octanol–water partition coefficient (Wildman–Crippen LogP) is 3.11. The van der Waals surface area contributed by atoms with Gasteiger partial charge in [0.25, 0.3) is 0 Å². The van der Waals surface area contributed by atoms with Gasteiger partial charge in [0.1, 0.15) is 5.82 Å². The molecule has 3 heterocycles. The molecule has 7 heteroatoms. The van der Waals surface area contributed by atoms with E-state index in [1.807, 2.05) is 12.3 Å². The van der Waals surface area contributed by atoms with Crippen molar-refractivity contribution in [2.75, 3.05) is 13.1 Å². The molecular formula is C23H30N6O. The summed E-state index contributed by atoms with van der Waals surface area (Å²) in [4.78, 5) is 18.7. The molecule has 30 heavy (non-hydrogen) atoms. The van der Waals surface area contributed by atoms with E-state index in [1.54, 1.807) is 6.92 Å². The lowest BCUT2D eigenvalue weighted by atomic mass is 10.0. The smallest absolute Gasteiger partial charge is 0.217 e. The first-order valence-electron chi connectivity index (χ1n) is 10.7. The molecule has 7 nitrogen and oxygen atoms in total. The summed E-state index contributed by atoms with van der Waals surface area (Å²) < 4.78 is 2.21. The van der Waals surface area contributed by atoms with Crippen molar-refractivity contribution < 1.29 is 4.79 Å². The molecule has 0 radical (unpaired) electrons. The van der Waals surface area contributed by atoms with Crippen LogP contribution in [0.25, 0.3) is 10.9 Å². The summed E-state index contributed by atoms with van der Waals surface area (Å²) in [5, 5.41) is 13.2. The molecule has 1 N–H and O–H groups in total. The summed E-state index contributed by atoms with van der Waals surface area (Å²) in [6, 6.07) is 10.5. The lowest BCUT2D eigenvalue weighted by Gasteiger charge is -2.22. The van der Waals surface area contributed by atoms with Crippen molar-refractivity contribution in [3.63, 3.8) is 0 Å². The van der Waals surface area contributed by atoms with E-state index in [1.165, 1.54) is 10.9 Å². The van der Waals surface area contributed by atoms with Crippen LogP contribution in [-0.2, 0) is 24.3 Å². The number of hydrogen-bond donors (Lipinski definition) is 1. The Hall–Kier alpha value is -2.80. The second-order valence-electron chi connectivity index (χ2n) is 8.57. The second-order valence-corrected chi connectivity index (χ2v) is 8.57. The van der Waals surface area contributed by atoms with Gasteiger partial charge in [-0.05, 0) is 30.0 Å². The fraction of sp³-hybridized carbons (Fsp3) is 0.478. The zero-order valence-corrected chi connectivity index (χ0v) is 18.0. The summed E-state index contributed by atoms with van der Waals surface area (Å²) >= 11 is 0. The number of rotatable bonds is 6. The monoisotopic (exact) mass is 406 g/mol. The van der Waals surface area contributed by atoms with Crippen LogP contribution in [0.1, 0.15) is 50.4 Å². The highest BCUT2D eigenvalue weighted by molar-refractivity contribution is 5.78. The fourth-order valence-corrected chi connectivity index (χ4v) is 4.22. The molecule has 1 atom stereocenters. The first kappa shape index (κ1) is 20.5. The van der Waals surface area contributed by atoms with Crippen LogP contribution in [0.2, 0.25) is 0 Å². The van der Waals surface area contributed by atoms with Crippen LogP contribution in [0.15, 0.2) is 36.5 Å². The molecule has 3 aromatic rings. The number of nitrogens with zero attached hydrogens (tertiary/aromatic N) is 5. The highest BCUT2D eigenvalue weighted by atomic mass is 16.1. The summed E-state index contributed by atoms with van der Waals surface area (Å²) in [5.41, 5.74) is 2.31. The molecule has 1 amide bonds. The maximum absolute atomic E-state index is 11.7. The van der Waals surface area contributed by atoms with Crippen LogP contribution < -0.4 is 5.32 Å². The fourth-order valence-electron chi connectivity index (χ4n) is 4.22. The average Bonchev–Trinajstić information content (AvgIpc) is 3.01. The quantitative estimate of drug-likeness (QED) is 0.681. The Kier molecular flexibility index (Phi) is 6.08. The molecule has 0 bridgehead atoms. The standard InChI is InChI=1S/C23H30N6O/c1-16(2)13-21(25-17(3)30)23-27-26-22-8-10-28(11-12-29(22)23)15-18-6-7-19-5-4-9-24-20(19)14-18/h4-7,9,14,16,21H,8,10-13,15H2,1-3H3,(H,25,30). The summed E-state index contributed by atoms with van der Waals surface area (Å²) in [5.74, 6) is 2.31. The molecular weight excluding hydrogens is 376 g/mol. The van der Waals surface area contributed by atoms with Gasteiger partial charge in [-0.2, -0.15) is 0 Å². The Morgan fingerprint density at radius 3 is 2.83 bits per heavy atom. The molecule has 0 fully saturated rings. The molecule has 1 unspecified atom stereocenters. The minimum Gasteiger partial charge on any atom is -0.346 e. The van der Waals surface area contributed by atoms with Crippen LogP contribution >= 0.6 is 0 Å². The Morgan fingerprint density at radius 1 is 1.17 bits per heavy atom. The Labute approximate surface area is 177 Å². The third-order valence-electron chi connectivity index (χ3n) is 5.62. The van der Waals surface area contributed by atoms with Gasteiger partial charge >= 0.3 is 0 Å². The average molecular weight is 407 g/mol. The molecule has 1 aliphatic heterocycles. The Morgan fingerprint density at radius 2 is 2.03 bits per heavy atom. The van der Waals surface area contributed by atoms with Crippen molar-refractivity contribution in [1.82, 2.24) is 30.0 Å². The van der Waals surface area contributed by atoms with Crippen molar-refractivity contribution in [3.05, 3.63) is 53.7 Å². The first-order chi connectivity index (χ1) is 14.5. The van der Waals surface area contributed by atoms with Crippen LogP contribution in [0.3, 0.4) is 0 Å². The van der Waals surface area contributed by atoms with E-state index in [2.05, 4.69) is 68.1 Å². The third kappa shape index (κ3) is 4.67. The predicted molar refractivity (Wildman–Crippen MR) is 117 cm³/mol. The zero-order valence-electron chi connectivity index (χ0n) is 18.0. The van der Waals surface area contributed by atoms with Gasteiger partial charge in [0.2, 0.25) is 5.91 Å². The molecule has 1 aromatic carbocycles. The van der Waals surface area contributed by atoms with Gasteiger partial charge in [-0.3, -0.25) is 14.7 Å². The van der Waals surface area contributed by atoms with E-state index in [0.29, 0.717) is 5.92 Å². The number of hydrogen-bond acceptors (Lipinski definition) is 5. The van der Waals surface area contributed by atoms with Gasteiger partial charge in [-0.15, -0.1) is 10.2 Å². The summed E-state index contributed by atoms with van der Waals surface area (Å²) in [6.07, 6.45) is 3.55. The highest BCUT2D eigenvalue weighted by Crippen LogP contribution is 2.23. The van der Waals surface area contributed by atoms with Crippen LogP contribution in [0.5, 0.6) is 0 Å². The minimum absolute atomic E-state index is 0.0295. The largest absolute Gasteiger partial charge is 0.346 e. The van der Waals surface area contributed by atoms with E-state index in [0.717, 1.165) is 56.2 Å². The van der Waals surface area contributed by atoms with Crippen molar-refractivity contribution in [1.29, 1.82) is 0 Å². The third-order valence-corrected chi connectivity index (χ3v) is 5.62. The van der Waals surface area contributed by atoms with Crippen LogP contribution in [0, 0.1) is 5.92 Å². The molecule has 1 aliphatic rings. The molecule has 0 spiro atoms. The van der Waals surface area contributed by atoms with Gasteiger partial charge < -0.3 is 9.88 Å². The van der Waals surface area contributed by atoms with Gasteiger partial charge in [0.15, 0.2) is 5.82 Å². The van der Waals surface area contributed by atoms with Crippen molar-refractivity contribution in [2.45, 2.75) is 52.7 Å². The molecule has 0 saturated heterocycles. The first-order valence-corrected chi connectivity index (χ1v) is 10.7. The maximum Gasteiger partial charge on any atom is 0.217 e. The molecule has 158 valence electrons. The number of aromatic nitrogens is 4. The Bertz CT molecular complexity index is 1030. The number of amides is 1.